The van der Waals surface area contributed by atoms with Gasteiger partial charge in [-0.2, -0.15) is 0 Å². The summed E-state index contributed by atoms with van der Waals surface area (Å²) in [5.74, 6) is 1.58. The second-order valence-electron chi connectivity index (χ2n) is 9.72. The smallest absolute Gasteiger partial charge is 0.269 e. The summed E-state index contributed by atoms with van der Waals surface area (Å²) >= 11 is 0. The molecule has 196 valence electrons. The molecular formula is C28H35N5O4. The number of ether oxygens (including phenoxy) is 1. The molecule has 2 aromatic carbocycles. The fraction of sp³-hybridized carbons (Fsp3) is 0.429. The van der Waals surface area contributed by atoms with Crippen molar-refractivity contribution in [1.29, 1.82) is 0 Å². The van der Waals surface area contributed by atoms with Gasteiger partial charge in [-0.3, -0.25) is 15.0 Å². The SMILES string of the molecule is Cc1nc(-c2ccccc2)nc(N2CCN(CC(O)COC(C)C)CC2)c1Cc1ccc([N+](=O)[O-])cc1. The molecule has 37 heavy (non-hydrogen) atoms. The first kappa shape index (κ1) is 26.7. The van der Waals surface area contributed by atoms with Crippen LogP contribution in [0.5, 0.6) is 0 Å². The molecular weight excluding hydrogens is 470 g/mol. The Labute approximate surface area is 217 Å². The highest BCUT2D eigenvalue weighted by atomic mass is 16.6. The third kappa shape index (κ3) is 7.09. The summed E-state index contributed by atoms with van der Waals surface area (Å²) in [7, 11) is 0. The van der Waals surface area contributed by atoms with E-state index in [1.54, 1.807) is 12.1 Å². The Balaban J connectivity index is 1.56. The van der Waals surface area contributed by atoms with Gasteiger partial charge in [-0.1, -0.05) is 42.5 Å². The largest absolute Gasteiger partial charge is 0.389 e. The summed E-state index contributed by atoms with van der Waals surface area (Å²) in [4.78, 5) is 25.1. The fourth-order valence-corrected chi connectivity index (χ4v) is 4.50. The van der Waals surface area contributed by atoms with Gasteiger partial charge in [0.2, 0.25) is 0 Å². The molecule has 1 aliphatic heterocycles. The third-order valence-electron chi connectivity index (χ3n) is 6.51. The zero-order chi connectivity index (χ0) is 26.4. The Bertz CT molecular complexity index is 1180. The molecule has 0 bridgehead atoms. The zero-order valence-corrected chi connectivity index (χ0v) is 21.7. The molecule has 0 aliphatic carbocycles. The Morgan fingerprint density at radius 3 is 2.32 bits per heavy atom. The van der Waals surface area contributed by atoms with E-state index in [2.05, 4.69) is 9.80 Å². The van der Waals surface area contributed by atoms with Gasteiger partial charge in [-0.05, 0) is 26.3 Å². The maximum Gasteiger partial charge on any atom is 0.269 e. The third-order valence-corrected chi connectivity index (χ3v) is 6.51. The van der Waals surface area contributed by atoms with Crippen LogP contribution in [0.2, 0.25) is 0 Å². The van der Waals surface area contributed by atoms with Crippen LogP contribution in [0.3, 0.4) is 0 Å². The van der Waals surface area contributed by atoms with Crippen molar-refractivity contribution in [2.45, 2.75) is 39.4 Å². The van der Waals surface area contributed by atoms with Gasteiger partial charge >= 0.3 is 0 Å². The zero-order valence-electron chi connectivity index (χ0n) is 21.7. The molecule has 1 aromatic heterocycles. The van der Waals surface area contributed by atoms with E-state index in [0.29, 0.717) is 25.4 Å². The summed E-state index contributed by atoms with van der Waals surface area (Å²) in [6.07, 6.45) is 0.165. The van der Waals surface area contributed by atoms with E-state index < -0.39 is 6.10 Å². The van der Waals surface area contributed by atoms with Crippen molar-refractivity contribution in [2.24, 2.45) is 0 Å². The number of benzene rings is 2. The van der Waals surface area contributed by atoms with Crippen molar-refractivity contribution in [1.82, 2.24) is 14.9 Å². The molecule has 1 atom stereocenters. The topological polar surface area (TPSA) is 105 Å². The minimum atomic E-state index is -0.516. The summed E-state index contributed by atoms with van der Waals surface area (Å²) in [6.45, 7) is 10.0. The highest BCUT2D eigenvalue weighted by molar-refractivity contribution is 5.61. The molecule has 0 amide bonds. The summed E-state index contributed by atoms with van der Waals surface area (Å²) in [5, 5.41) is 21.4. The molecule has 4 rings (SSSR count). The average Bonchev–Trinajstić information content (AvgIpc) is 2.90. The van der Waals surface area contributed by atoms with Crippen molar-refractivity contribution < 1.29 is 14.8 Å². The number of hydrogen-bond donors (Lipinski definition) is 1. The lowest BCUT2D eigenvalue weighted by atomic mass is 10.0. The minimum Gasteiger partial charge on any atom is -0.389 e. The quantitative estimate of drug-likeness (QED) is 0.327. The number of nitro benzene ring substituents is 1. The average molecular weight is 506 g/mol. The normalized spacial score (nSPS) is 15.2. The number of β-amino-alcohol motifs (C(OH)–C–C–N with tert-alkyl or cyclic N) is 1. The number of aryl methyl sites for hydroxylation is 1. The molecule has 1 N–H and O–H groups in total. The van der Waals surface area contributed by atoms with Crippen molar-refractivity contribution in [3.63, 3.8) is 0 Å². The van der Waals surface area contributed by atoms with Crippen molar-refractivity contribution in [3.05, 3.63) is 81.5 Å². The summed E-state index contributed by atoms with van der Waals surface area (Å²) in [5.41, 5.74) is 3.92. The van der Waals surface area contributed by atoms with Gasteiger partial charge in [0, 0.05) is 68.1 Å². The molecule has 0 spiro atoms. The van der Waals surface area contributed by atoms with E-state index in [-0.39, 0.29) is 16.7 Å². The first-order valence-corrected chi connectivity index (χ1v) is 12.7. The number of nitrogens with zero attached hydrogens (tertiary/aromatic N) is 5. The van der Waals surface area contributed by atoms with Gasteiger partial charge in [0.1, 0.15) is 5.82 Å². The molecule has 3 aromatic rings. The molecule has 9 heteroatoms. The molecule has 1 aliphatic rings. The van der Waals surface area contributed by atoms with Gasteiger partial charge < -0.3 is 14.7 Å². The molecule has 1 saturated heterocycles. The Kier molecular flexibility index (Phi) is 8.81. The lowest BCUT2D eigenvalue weighted by molar-refractivity contribution is -0.384. The first-order valence-electron chi connectivity index (χ1n) is 12.7. The van der Waals surface area contributed by atoms with Gasteiger partial charge in [0.05, 0.1) is 23.7 Å². The van der Waals surface area contributed by atoms with E-state index in [1.165, 1.54) is 12.1 Å². The molecule has 9 nitrogen and oxygen atoms in total. The number of nitro groups is 1. The maximum atomic E-state index is 11.1. The summed E-state index contributed by atoms with van der Waals surface area (Å²) < 4.78 is 5.56. The highest BCUT2D eigenvalue weighted by Gasteiger charge is 2.24. The Morgan fingerprint density at radius 2 is 1.70 bits per heavy atom. The highest BCUT2D eigenvalue weighted by Crippen LogP contribution is 2.29. The summed E-state index contributed by atoms with van der Waals surface area (Å²) in [6, 6.07) is 16.6. The van der Waals surface area contributed by atoms with Gasteiger partial charge in [-0.25, -0.2) is 9.97 Å². The number of rotatable bonds is 10. The van der Waals surface area contributed by atoms with Crippen molar-refractivity contribution in [2.75, 3.05) is 44.2 Å². The predicted octanol–water partition coefficient (Wildman–Crippen LogP) is 3.86. The monoisotopic (exact) mass is 505 g/mol. The van der Waals surface area contributed by atoms with Gasteiger partial charge in [0.15, 0.2) is 5.82 Å². The molecule has 0 saturated carbocycles. The number of aliphatic hydroxyl groups excluding tert-OH is 1. The Morgan fingerprint density at radius 1 is 1.03 bits per heavy atom. The van der Waals surface area contributed by atoms with Crippen molar-refractivity contribution >= 4 is 11.5 Å². The minimum absolute atomic E-state index is 0.0773. The first-order chi connectivity index (χ1) is 17.8. The van der Waals surface area contributed by atoms with Crippen LogP contribution >= 0.6 is 0 Å². The van der Waals surface area contributed by atoms with Gasteiger partial charge in [0.25, 0.3) is 5.69 Å². The predicted molar refractivity (Wildman–Crippen MR) is 144 cm³/mol. The van der Waals surface area contributed by atoms with Crippen LogP contribution < -0.4 is 4.90 Å². The number of aliphatic hydroxyl groups is 1. The standard InChI is InChI=1S/C28H35N5O4/c1-20(2)37-19-25(34)18-31-13-15-32(16-14-31)28-26(17-22-9-11-24(12-10-22)33(35)36)21(3)29-27(30-28)23-7-5-4-6-8-23/h4-12,20,25,34H,13-19H2,1-3H3. The molecule has 0 radical (unpaired) electrons. The number of non-ortho nitro benzene ring substituents is 1. The van der Waals surface area contributed by atoms with Crippen LogP contribution in [0.15, 0.2) is 54.6 Å². The second kappa shape index (κ2) is 12.2. The van der Waals surface area contributed by atoms with E-state index in [9.17, 15) is 15.2 Å². The van der Waals surface area contributed by atoms with Crippen LogP contribution in [0.1, 0.15) is 30.7 Å². The lowest BCUT2D eigenvalue weighted by Gasteiger charge is -2.37. The van der Waals surface area contributed by atoms with Crippen molar-refractivity contribution in [3.8, 4) is 11.4 Å². The van der Waals surface area contributed by atoms with Crippen LogP contribution in [-0.2, 0) is 11.2 Å². The molecule has 1 fully saturated rings. The van der Waals surface area contributed by atoms with E-state index in [1.807, 2.05) is 51.1 Å². The number of hydrogen-bond acceptors (Lipinski definition) is 8. The maximum absolute atomic E-state index is 11.1. The van der Waals surface area contributed by atoms with Gasteiger partial charge in [-0.15, -0.1) is 0 Å². The lowest BCUT2D eigenvalue weighted by Crippen LogP contribution is -2.49. The second-order valence-corrected chi connectivity index (χ2v) is 9.72. The van der Waals surface area contributed by atoms with E-state index in [0.717, 1.165) is 54.4 Å². The van der Waals surface area contributed by atoms with E-state index in [4.69, 9.17) is 14.7 Å². The molecule has 2 heterocycles. The van der Waals surface area contributed by atoms with Crippen LogP contribution in [0.25, 0.3) is 11.4 Å². The Hall–Kier alpha value is -3.40. The van der Waals surface area contributed by atoms with Crippen LogP contribution in [-0.4, -0.2) is 76.4 Å². The molecule has 1 unspecified atom stereocenters. The number of anilines is 1. The van der Waals surface area contributed by atoms with Crippen LogP contribution in [0.4, 0.5) is 11.5 Å². The number of aromatic nitrogens is 2. The van der Waals surface area contributed by atoms with E-state index >= 15 is 0 Å². The van der Waals surface area contributed by atoms with Crippen LogP contribution in [0, 0.1) is 17.0 Å². The fourth-order valence-electron chi connectivity index (χ4n) is 4.50. The number of piperazine rings is 1.